The van der Waals surface area contributed by atoms with E-state index in [1.54, 1.807) is 7.11 Å². The summed E-state index contributed by atoms with van der Waals surface area (Å²) in [6, 6.07) is 0. The van der Waals surface area contributed by atoms with Gasteiger partial charge in [0.2, 0.25) is 0 Å². The van der Waals surface area contributed by atoms with E-state index >= 15 is 0 Å². The fourth-order valence-corrected chi connectivity index (χ4v) is 3.13. The van der Waals surface area contributed by atoms with Crippen molar-refractivity contribution < 1.29 is 29.2 Å². The van der Waals surface area contributed by atoms with Crippen LogP contribution in [0.3, 0.4) is 0 Å². The van der Waals surface area contributed by atoms with Crippen molar-refractivity contribution in [1.82, 2.24) is 5.09 Å². The normalized spacial score (nSPS) is 13.3. The topological polar surface area (TPSA) is 54.3 Å². The minimum atomic E-state index is -2.27. The van der Waals surface area contributed by atoms with Gasteiger partial charge >= 0.3 is 0 Å². The van der Waals surface area contributed by atoms with Gasteiger partial charge in [-0.1, -0.05) is 26.7 Å². The molecule has 0 aromatic rings. The number of hydrogen-bond donors (Lipinski definition) is 1. The molecule has 18 heavy (non-hydrogen) atoms. The number of unbranched alkanes of at least 4 members (excludes halogenated alkanes) is 2. The molecule has 0 aromatic heterocycles. The molecular formula is C11H28IrN2O2PS-. The van der Waals surface area contributed by atoms with E-state index < -0.39 is 6.64 Å². The van der Waals surface area contributed by atoms with Crippen molar-refractivity contribution in [3.63, 3.8) is 0 Å². The van der Waals surface area contributed by atoms with Crippen LogP contribution in [0, 0.1) is 0 Å². The van der Waals surface area contributed by atoms with Gasteiger partial charge in [0, 0.05) is 33.8 Å². The van der Waals surface area contributed by atoms with Crippen LogP contribution in [0.5, 0.6) is 0 Å². The largest absolute Gasteiger partial charge is 0.677 e. The molecule has 0 saturated heterocycles. The molecule has 0 bridgehead atoms. The molecule has 115 valence electrons. The molecule has 7 heteroatoms. The van der Waals surface area contributed by atoms with Gasteiger partial charge in [-0.2, -0.15) is 6.54 Å². The zero-order valence-electron chi connectivity index (χ0n) is 12.1. The summed E-state index contributed by atoms with van der Waals surface area (Å²) in [4.78, 5) is 0. The van der Waals surface area contributed by atoms with Crippen LogP contribution in [0.1, 0.15) is 47.0 Å². The van der Waals surface area contributed by atoms with E-state index in [0.29, 0.717) is 6.54 Å². The second-order valence-corrected chi connectivity index (χ2v) is 6.88. The number of hydrogen-bond acceptors (Lipinski definition) is 3. The Balaban J connectivity index is -0.000000709. The van der Waals surface area contributed by atoms with E-state index in [0.717, 1.165) is 25.8 Å². The SMILES string of the molecule is CC.COP(=S)(NCCCCC[NH-])OC(C)C.[Ir]. The van der Waals surface area contributed by atoms with Gasteiger partial charge in [0.1, 0.15) is 0 Å². The van der Waals surface area contributed by atoms with Gasteiger partial charge in [0.25, 0.3) is 6.64 Å². The van der Waals surface area contributed by atoms with E-state index in [1.807, 2.05) is 27.7 Å². The van der Waals surface area contributed by atoms with Crippen LogP contribution < -0.4 is 5.09 Å². The summed E-state index contributed by atoms with van der Waals surface area (Å²) in [5.41, 5.74) is 7.01. The molecule has 0 fully saturated rings. The molecule has 0 aromatic carbocycles. The Kier molecular flexibility index (Phi) is 21.8. The van der Waals surface area contributed by atoms with Crippen LogP contribution >= 0.6 is 6.64 Å². The first kappa shape index (κ1) is 24.2. The predicted molar refractivity (Wildman–Crippen MR) is 79.9 cm³/mol. The van der Waals surface area contributed by atoms with Gasteiger partial charge < -0.3 is 14.8 Å². The van der Waals surface area contributed by atoms with Crippen molar-refractivity contribution in [2.75, 3.05) is 20.2 Å². The Morgan fingerprint density at radius 3 is 2.17 bits per heavy atom. The molecule has 0 aliphatic heterocycles. The summed E-state index contributed by atoms with van der Waals surface area (Å²) in [5.74, 6) is 0. The Bertz CT molecular complexity index is 209. The summed E-state index contributed by atoms with van der Waals surface area (Å²) >= 11 is 5.28. The maximum Gasteiger partial charge on any atom is 0.261 e. The third-order valence-electron chi connectivity index (χ3n) is 1.75. The maximum atomic E-state index is 7.01. The molecule has 0 amide bonds. The van der Waals surface area contributed by atoms with Crippen molar-refractivity contribution in [1.29, 1.82) is 0 Å². The first-order chi connectivity index (χ1) is 8.04. The van der Waals surface area contributed by atoms with Crippen molar-refractivity contribution in [3.8, 4) is 0 Å². The average molecular weight is 476 g/mol. The number of rotatable bonds is 9. The summed E-state index contributed by atoms with van der Waals surface area (Å²) in [7, 11) is 1.58. The van der Waals surface area contributed by atoms with Crippen molar-refractivity contribution in [2.45, 2.75) is 53.1 Å². The third kappa shape index (κ3) is 15.2. The van der Waals surface area contributed by atoms with Gasteiger partial charge in [0.15, 0.2) is 0 Å². The van der Waals surface area contributed by atoms with Crippen LogP contribution in [0.25, 0.3) is 5.73 Å². The molecule has 0 heterocycles. The van der Waals surface area contributed by atoms with E-state index in [-0.39, 0.29) is 26.2 Å². The summed E-state index contributed by atoms with van der Waals surface area (Å²) in [6.07, 6.45) is 3.10. The van der Waals surface area contributed by atoms with Gasteiger partial charge in [0.05, 0.1) is 6.10 Å². The van der Waals surface area contributed by atoms with Gasteiger partial charge in [-0.3, -0.25) is 0 Å². The second kappa shape index (κ2) is 16.2. The van der Waals surface area contributed by atoms with Crippen molar-refractivity contribution in [3.05, 3.63) is 5.73 Å². The van der Waals surface area contributed by atoms with E-state index in [2.05, 4.69) is 5.09 Å². The third-order valence-corrected chi connectivity index (χ3v) is 4.63. The fourth-order valence-electron chi connectivity index (χ4n) is 1.07. The summed E-state index contributed by atoms with van der Waals surface area (Å²) in [5, 5.41) is 3.16. The summed E-state index contributed by atoms with van der Waals surface area (Å²) < 4.78 is 10.8. The van der Waals surface area contributed by atoms with E-state index in [1.165, 1.54) is 0 Å². The second-order valence-electron chi connectivity index (χ2n) is 3.55. The Morgan fingerprint density at radius 1 is 1.22 bits per heavy atom. The molecule has 1 atom stereocenters. The molecule has 1 radical (unpaired) electrons. The first-order valence-electron chi connectivity index (χ1n) is 6.28. The van der Waals surface area contributed by atoms with Crippen LogP contribution in [0.2, 0.25) is 0 Å². The van der Waals surface area contributed by atoms with Crippen LogP contribution in [-0.4, -0.2) is 26.3 Å². The van der Waals surface area contributed by atoms with Crippen LogP contribution in [0.15, 0.2) is 0 Å². The zero-order valence-corrected chi connectivity index (χ0v) is 16.2. The van der Waals surface area contributed by atoms with Crippen LogP contribution in [0.4, 0.5) is 0 Å². The molecule has 0 aliphatic rings. The predicted octanol–water partition coefficient (Wildman–Crippen LogP) is 4.12. The first-order valence-corrected chi connectivity index (χ1v) is 8.92. The van der Waals surface area contributed by atoms with Crippen molar-refractivity contribution in [2.24, 2.45) is 0 Å². The Labute approximate surface area is 131 Å². The van der Waals surface area contributed by atoms with E-state index in [9.17, 15) is 0 Å². The van der Waals surface area contributed by atoms with Gasteiger partial charge in [-0.15, -0.1) is 0 Å². The number of nitrogens with one attached hydrogen (secondary N) is 2. The Hall–Kier alpha value is 1.14. The Morgan fingerprint density at radius 2 is 1.78 bits per heavy atom. The molecule has 0 saturated carbocycles. The van der Waals surface area contributed by atoms with Crippen molar-refractivity contribution >= 4 is 18.4 Å². The van der Waals surface area contributed by atoms with E-state index in [4.69, 9.17) is 26.6 Å². The quantitative estimate of drug-likeness (QED) is 0.403. The minimum absolute atomic E-state index is 0. The molecule has 0 aliphatic carbocycles. The molecule has 2 N–H and O–H groups in total. The molecule has 0 spiro atoms. The molecule has 4 nitrogen and oxygen atoms in total. The maximum absolute atomic E-state index is 7.01. The molecule has 0 rings (SSSR count). The summed E-state index contributed by atoms with van der Waals surface area (Å²) in [6.45, 7) is 6.93. The van der Waals surface area contributed by atoms with Gasteiger partial charge in [-0.05, 0) is 32.1 Å². The van der Waals surface area contributed by atoms with Gasteiger partial charge in [-0.25, -0.2) is 5.09 Å². The monoisotopic (exact) mass is 476 g/mol. The smallest absolute Gasteiger partial charge is 0.261 e. The molecule has 1 unspecified atom stereocenters. The average Bonchev–Trinajstić information content (AvgIpc) is 2.30. The fraction of sp³-hybridized carbons (Fsp3) is 1.00. The standard InChI is InChI=1S/C9H22N2O2PS.C2H6.Ir/c1-9(2)13-14(15,12-3)11-8-6-4-5-7-10;1-2;/h9-10H,4-8H2,1-3H3,(H,11,15);1-2H3;/q-1;;. The minimum Gasteiger partial charge on any atom is -0.677 e. The van der Waals surface area contributed by atoms with Crippen LogP contribution in [-0.2, 0) is 41.0 Å². The molecular weight excluding hydrogens is 447 g/mol. The zero-order chi connectivity index (χ0) is 13.7.